The number of H-pyrrole nitrogens is 1. The number of hydrogen-bond donors (Lipinski definition) is 2. The Labute approximate surface area is 114 Å². The van der Waals surface area contributed by atoms with Crippen molar-refractivity contribution in [3.63, 3.8) is 0 Å². The molecule has 2 aromatic heterocycles. The van der Waals surface area contributed by atoms with Crippen LogP contribution in [0.15, 0.2) is 23.8 Å². The second-order valence-corrected chi connectivity index (χ2v) is 4.74. The van der Waals surface area contributed by atoms with E-state index < -0.39 is 0 Å². The van der Waals surface area contributed by atoms with Gasteiger partial charge < -0.3 is 15.0 Å². The molecule has 0 fully saturated rings. The van der Waals surface area contributed by atoms with Gasteiger partial charge >= 0.3 is 0 Å². The number of thiophene rings is 1. The first kappa shape index (κ1) is 13.3. The van der Waals surface area contributed by atoms with E-state index in [1.807, 2.05) is 5.38 Å². The fourth-order valence-corrected chi connectivity index (χ4v) is 2.41. The molecule has 6 heteroatoms. The third-order valence-electron chi connectivity index (χ3n) is 2.45. The molecule has 98 valence electrons. The molecule has 0 bridgehead atoms. The van der Waals surface area contributed by atoms with Crippen molar-refractivity contribution in [2.75, 3.05) is 13.7 Å². The highest BCUT2D eigenvalue weighted by Gasteiger charge is 2.17. The van der Waals surface area contributed by atoms with Crippen LogP contribution in [0.1, 0.15) is 21.1 Å². The molecule has 0 saturated carbocycles. The minimum atomic E-state index is -0.217. The highest BCUT2D eigenvalue weighted by Crippen LogP contribution is 2.18. The highest BCUT2D eigenvalue weighted by atomic mass is 32.1. The molecule has 0 aromatic carbocycles. The molecule has 19 heavy (non-hydrogen) atoms. The van der Waals surface area contributed by atoms with E-state index in [1.165, 1.54) is 11.3 Å². The van der Waals surface area contributed by atoms with Gasteiger partial charge in [-0.3, -0.25) is 4.79 Å². The van der Waals surface area contributed by atoms with Crippen LogP contribution in [0.3, 0.4) is 0 Å². The minimum Gasteiger partial charge on any atom is -0.384 e. The number of carbonyl (C=O) groups is 1. The van der Waals surface area contributed by atoms with Crippen LogP contribution >= 0.6 is 11.3 Å². The van der Waals surface area contributed by atoms with Crippen LogP contribution in [0.5, 0.6) is 0 Å². The van der Waals surface area contributed by atoms with Gasteiger partial charge in [0.2, 0.25) is 0 Å². The molecule has 0 spiro atoms. The fraction of sp³-hybridized carbons (Fsp3) is 0.231. The van der Waals surface area contributed by atoms with Gasteiger partial charge in [0.15, 0.2) is 0 Å². The lowest BCUT2D eigenvalue weighted by atomic mass is 10.2. The third kappa shape index (κ3) is 3.22. The van der Waals surface area contributed by atoms with Gasteiger partial charge in [-0.1, -0.05) is 11.8 Å². The number of imidazole rings is 1. The summed E-state index contributed by atoms with van der Waals surface area (Å²) in [5, 5.41) is 10.5. The summed E-state index contributed by atoms with van der Waals surface area (Å²) in [5.74, 6) is 5.96. The van der Waals surface area contributed by atoms with Crippen molar-refractivity contribution in [1.29, 1.82) is 0 Å². The van der Waals surface area contributed by atoms with Gasteiger partial charge in [0, 0.05) is 25.0 Å². The molecule has 2 rings (SSSR count). The molecule has 2 N–H and O–H groups in total. The number of rotatable bonds is 3. The topological polar surface area (TPSA) is 69.2 Å². The zero-order chi connectivity index (χ0) is 13.7. The SMILES string of the molecule is CN(Cc1ncc[nH]1)C(=O)c1sccc1C#CCO. The molecule has 0 aliphatic heterocycles. The zero-order valence-corrected chi connectivity index (χ0v) is 11.2. The monoisotopic (exact) mass is 275 g/mol. The molecule has 0 saturated heterocycles. The number of aliphatic hydroxyl groups excluding tert-OH is 1. The lowest BCUT2D eigenvalue weighted by molar-refractivity contribution is 0.0786. The Morgan fingerprint density at radius 3 is 3.16 bits per heavy atom. The second kappa shape index (κ2) is 6.18. The van der Waals surface area contributed by atoms with E-state index in [0.29, 0.717) is 17.0 Å². The van der Waals surface area contributed by atoms with Crippen LogP contribution < -0.4 is 0 Å². The Morgan fingerprint density at radius 2 is 2.47 bits per heavy atom. The van der Waals surface area contributed by atoms with Gasteiger partial charge in [0.25, 0.3) is 5.91 Å². The van der Waals surface area contributed by atoms with E-state index in [0.717, 1.165) is 5.82 Å². The van der Waals surface area contributed by atoms with E-state index in [2.05, 4.69) is 21.8 Å². The number of aliphatic hydroxyl groups is 1. The van der Waals surface area contributed by atoms with Crippen LogP contribution in [0.2, 0.25) is 0 Å². The van der Waals surface area contributed by atoms with E-state index in [1.54, 1.807) is 30.4 Å². The fourth-order valence-electron chi connectivity index (χ4n) is 1.56. The summed E-state index contributed by atoms with van der Waals surface area (Å²) in [7, 11) is 1.72. The van der Waals surface area contributed by atoms with E-state index >= 15 is 0 Å². The maximum atomic E-state index is 12.3. The normalized spacial score (nSPS) is 9.79. The molecule has 1 amide bonds. The molecule has 0 unspecified atom stereocenters. The first-order valence-corrected chi connectivity index (χ1v) is 6.51. The maximum Gasteiger partial charge on any atom is 0.265 e. The van der Waals surface area contributed by atoms with Crippen molar-refractivity contribution in [2.24, 2.45) is 0 Å². The molecule has 5 nitrogen and oxygen atoms in total. The van der Waals surface area contributed by atoms with Crippen LogP contribution in [-0.2, 0) is 6.54 Å². The maximum absolute atomic E-state index is 12.3. The van der Waals surface area contributed by atoms with Crippen molar-refractivity contribution in [2.45, 2.75) is 6.54 Å². The predicted molar refractivity (Wildman–Crippen MR) is 72.7 cm³/mol. The first-order chi connectivity index (χ1) is 9.22. The summed E-state index contributed by atoms with van der Waals surface area (Å²) in [6.07, 6.45) is 3.37. The van der Waals surface area contributed by atoms with Crippen molar-refractivity contribution >= 4 is 17.2 Å². The first-order valence-electron chi connectivity index (χ1n) is 5.63. The second-order valence-electron chi connectivity index (χ2n) is 3.82. The summed E-state index contributed by atoms with van der Waals surface area (Å²) < 4.78 is 0. The number of aromatic nitrogens is 2. The Bertz CT molecular complexity index is 607. The molecule has 2 aromatic rings. The third-order valence-corrected chi connectivity index (χ3v) is 3.35. The molecule has 0 atom stereocenters. The summed E-state index contributed by atoms with van der Waals surface area (Å²) >= 11 is 1.34. The van der Waals surface area contributed by atoms with Crippen molar-refractivity contribution in [3.05, 3.63) is 40.1 Å². The molecular formula is C13H13N3O2S. The lowest BCUT2D eigenvalue weighted by Crippen LogP contribution is -2.26. The Morgan fingerprint density at radius 1 is 1.63 bits per heavy atom. The van der Waals surface area contributed by atoms with Gasteiger partial charge in [-0.05, 0) is 11.4 Å². The van der Waals surface area contributed by atoms with E-state index in [9.17, 15) is 4.79 Å². The molecule has 2 heterocycles. The standard InChI is InChI=1S/C13H13N3O2S/c1-16(9-11-14-5-6-15-11)13(18)12-10(3-2-7-17)4-8-19-12/h4-6,8,17H,7,9H2,1H3,(H,14,15). The summed E-state index contributed by atoms with van der Waals surface area (Å²) in [5.41, 5.74) is 0.648. The van der Waals surface area contributed by atoms with Crippen LogP contribution in [0.25, 0.3) is 0 Å². The van der Waals surface area contributed by atoms with Gasteiger partial charge in [-0.25, -0.2) is 4.98 Å². The average molecular weight is 275 g/mol. The molecule has 0 aliphatic carbocycles. The number of aromatic amines is 1. The summed E-state index contributed by atoms with van der Waals surface area (Å²) in [6, 6.07) is 1.78. The van der Waals surface area contributed by atoms with Gasteiger partial charge in [0.1, 0.15) is 17.3 Å². The van der Waals surface area contributed by atoms with Crippen molar-refractivity contribution < 1.29 is 9.90 Å². The Kier molecular flexibility index (Phi) is 4.34. The number of nitrogens with zero attached hydrogens (tertiary/aromatic N) is 2. The van der Waals surface area contributed by atoms with E-state index in [-0.39, 0.29) is 12.5 Å². The van der Waals surface area contributed by atoms with Gasteiger partial charge in [-0.2, -0.15) is 0 Å². The largest absolute Gasteiger partial charge is 0.384 e. The summed E-state index contributed by atoms with van der Waals surface area (Å²) in [6.45, 7) is 0.197. The van der Waals surface area contributed by atoms with Crippen LogP contribution in [0, 0.1) is 11.8 Å². The van der Waals surface area contributed by atoms with Crippen molar-refractivity contribution in [1.82, 2.24) is 14.9 Å². The van der Waals surface area contributed by atoms with Crippen LogP contribution in [0.4, 0.5) is 0 Å². The van der Waals surface area contributed by atoms with E-state index in [4.69, 9.17) is 5.11 Å². The number of nitrogens with one attached hydrogen (secondary N) is 1. The zero-order valence-electron chi connectivity index (χ0n) is 10.4. The summed E-state index contributed by atoms with van der Waals surface area (Å²) in [4.78, 5) is 21.5. The minimum absolute atomic E-state index is 0.103. The lowest BCUT2D eigenvalue weighted by Gasteiger charge is -2.14. The van der Waals surface area contributed by atoms with Crippen molar-refractivity contribution in [3.8, 4) is 11.8 Å². The Balaban J connectivity index is 2.13. The molecule has 0 radical (unpaired) electrons. The molecular weight excluding hydrogens is 262 g/mol. The number of carbonyl (C=O) groups excluding carboxylic acids is 1. The smallest absolute Gasteiger partial charge is 0.265 e. The average Bonchev–Trinajstić information content (AvgIpc) is 3.06. The number of amides is 1. The Hall–Kier alpha value is -2.10. The quantitative estimate of drug-likeness (QED) is 0.824. The highest BCUT2D eigenvalue weighted by molar-refractivity contribution is 7.12. The predicted octanol–water partition coefficient (Wildman–Crippen LogP) is 1.09. The van der Waals surface area contributed by atoms with Gasteiger partial charge in [-0.15, -0.1) is 11.3 Å². The molecule has 0 aliphatic rings. The van der Waals surface area contributed by atoms with Crippen LogP contribution in [-0.4, -0.2) is 39.5 Å². The number of hydrogen-bond acceptors (Lipinski definition) is 4. The van der Waals surface area contributed by atoms with Gasteiger partial charge in [0.05, 0.1) is 6.54 Å².